The van der Waals surface area contributed by atoms with Crippen molar-refractivity contribution in [2.75, 3.05) is 14.2 Å². The summed E-state index contributed by atoms with van der Waals surface area (Å²) in [5, 5.41) is 5.62. The summed E-state index contributed by atoms with van der Waals surface area (Å²) >= 11 is 1.45. The number of rotatable bonds is 8. The molecule has 4 rings (SSSR count). The lowest BCUT2D eigenvalue weighted by Gasteiger charge is -2.36. The van der Waals surface area contributed by atoms with Crippen LogP contribution in [0.2, 0.25) is 0 Å². The molecule has 3 heterocycles. The van der Waals surface area contributed by atoms with Crippen molar-refractivity contribution in [2.45, 2.75) is 32.4 Å². The summed E-state index contributed by atoms with van der Waals surface area (Å²) in [7, 11) is 2.98. The number of hydrogen-bond donors (Lipinski definition) is 1. The van der Waals surface area contributed by atoms with Crippen LogP contribution in [0.15, 0.2) is 76.2 Å². The monoisotopic (exact) mass is 478 g/mol. The highest BCUT2D eigenvalue weighted by molar-refractivity contribution is 8.16. The minimum atomic E-state index is -0.463. The maximum Gasteiger partial charge on any atom is 0.338 e. The molecule has 1 atom stereocenters. The van der Waals surface area contributed by atoms with Gasteiger partial charge >= 0.3 is 5.97 Å². The molecular weight excluding hydrogens is 452 g/mol. The number of allylic oxidation sites excluding steroid dienone is 1. The smallest absolute Gasteiger partial charge is 0.338 e. The number of nitrogens with zero attached hydrogens (tertiary/aromatic N) is 3. The number of pyridine rings is 1. The van der Waals surface area contributed by atoms with Crippen LogP contribution in [0.25, 0.3) is 0 Å². The molecule has 34 heavy (non-hydrogen) atoms. The fourth-order valence-electron chi connectivity index (χ4n) is 3.94. The zero-order valence-corrected chi connectivity index (χ0v) is 20.1. The number of esters is 1. The topological polar surface area (TPSA) is 93.1 Å². The largest absolute Gasteiger partial charge is 0.497 e. The number of carbonyl (C=O) groups is 2. The van der Waals surface area contributed by atoms with Crippen LogP contribution in [0, 0.1) is 0 Å². The zero-order chi connectivity index (χ0) is 24.1. The first-order valence-corrected chi connectivity index (χ1v) is 11.8. The average molecular weight is 479 g/mol. The van der Waals surface area contributed by atoms with Gasteiger partial charge in [0.1, 0.15) is 5.75 Å². The minimum Gasteiger partial charge on any atom is -0.497 e. The molecule has 9 heteroatoms. The van der Waals surface area contributed by atoms with Gasteiger partial charge in [0, 0.05) is 24.6 Å². The van der Waals surface area contributed by atoms with Gasteiger partial charge in [-0.3, -0.25) is 9.78 Å². The molecule has 0 radical (unpaired) electrons. The molecule has 0 fully saturated rings. The number of aromatic nitrogens is 1. The molecule has 0 spiro atoms. The summed E-state index contributed by atoms with van der Waals surface area (Å²) in [4.78, 5) is 36.4. The number of methoxy groups -OCH3 is 2. The van der Waals surface area contributed by atoms with Gasteiger partial charge in [-0.05, 0) is 47.2 Å². The second kappa shape index (κ2) is 10.6. The third-order valence-corrected chi connectivity index (χ3v) is 6.53. The average Bonchev–Trinajstić information content (AvgIpc) is 3.28. The predicted molar refractivity (Wildman–Crippen MR) is 131 cm³/mol. The standard InChI is InChI=1S/C25H26N4O4S/c1-4-20-22(24(31)33-3)23(17-5-7-19(32-2)8-6-17)29-18(15-34-25(29)28-20)13-21(30)27-14-16-9-11-26-12-10-16/h5-12,15,23H,4,13-14H2,1-3H3,(H,27,30)/t23-/m0/s1. The number of aliphatic imine (C=N–C) groups is 1. The van der Waals surface area contributed by atoms with Crippen LogP contribution in [-0.4, -0.2) is 41.1 Å². The van der Waals surface area contributed by atoms with Crippen molar-refractivity contribution in [1.29, 1.82) is 0 Å². The van der Waals surface area contributed by atoms with Gasteiger partial charge in [-0.2, -0.15) is 0 Å². The van der Waals surface area contributed by atoms with E-state index in [0.29, 0.717) is 24.2 Å². The third kappa shape index (κ3) is 4.84. The number of amides is 1. The molecule has 0 bridgehead atoms. The Balaban J connectivity index is 1.63. The summed E-state index contributed by atoms with van der Waals surface area (Å²) < 4.78 is 10.4. The summed E-state index contributed by atoms with van der Waals surface area (Å²) in [6.45, 7) is 2.38. The van der Waals surface area contributed by atoms with Crippen LogP contribution in [0.4, 0.5) is 0 Å². The van der Waals surface area contributed by atoms with E-state index in [9.17, 15) is 9.59 Å². The van der Waals surface area contributed by atoms with Gasteiger partial charge in [0.05, 0.1) is 38.0 Å². The Hall–Kier alpha value is -3.59. The molecule has 0 saturated heterocycles. The molecule has 0 saturated carbocycles. The minimum absolute atomic E-state index is 0.122. The van der Waals surface area contributed by atoms with E-state index in [2.05, 4.69) is 10.3 Å². The highest BCUT2D eigenvalue weighted by Gasteiger charge is 2.41. The van der Waals surface area contributed by atoms with E-state index in [4.69, 9.17) is 14.5 Å². The van der Waals surface area contributed by atoms with Crippen LogP contribution in [0.5, 0.6) is 5.75 Å². The number of thioether (sulfide) groups is 1. The van der Waals surface area contributed by atoms with Crippen LogP contribution in [0.1, 0.15) is 36.9 Å². The van der Waals surface area contributed by atoms with E-state index in [-0.39, 0.29) is 12.3 Å². The van der Waals surface area contributed by atoms with E-state index >= 15 is 0 Å². The molecule has 8 nitrogen and oxygen atoms in total. The molecule has 1 aromatic heterocycles. The van der Waals surface area contributed by atoms with Crippen molar-refractivity contribution in [3.05, 3.63) is 82.3 Å². The van der Waals surface area contributed by atoms with E-state index in [1.165, 1.54) is 18.9 Å². The van der Waals surface area contributed by atoms with Crippen LogP contribution in [0.3, 0.4) is 0 Å². The summed E-state index contributed by atoms with van der Waals surface area (Å²) in [5.74, 6) is 0.164. The van der Waals surface area contributed by atoms with Gasteiger partial charge < -0.3 is 19.7 Å². The number of nitrogens with one attached hydrogen (secondary N) is 1. The lowest BCUT2D eigenvalue weighted by molar-refractivity contribution is -0.136. The zero-order valence-electron chi connectivity index (χ0n) is 19.3. The second-order valence-corrected chi connectivity index (χ2v) is 8.52. The Morgan fingerprint density at radius 3 is 2.50 bits per heavy atom. The Kier molecular flexibility index (Phi) is 7.32. The number of ether oxygens (including phenoxy) is 2. The van der Waals surface area contributed by atoms with E-state index in [1.807, 2.05) is 53.6 Å². The second-order valence-electron chi connectivity index (χ2n) is 7.68. The number of benzene rings is 1. The number of carbonyl (C=O) groups excluding carboxylic acids is 2. The van der Waals surface area contributed by atoms with Crippen LogP contribution in [-0.2, 0) is 20.9 Å². The molecule has 2 aliphatic rings. The molecule has 0 unspecified atom stereocenters. The van der Waals surface area contributed by atoms with E-state index in [1.54, 1.807) is 19.5 Å². The molecule has 1 aromatic carbocycles. The van der Waals surface area contributed by atoms with Gasteiger partial charge in [0.25, 0.3) is 0 Å². The van der Waals surface area contributed by atoms with Crippen molar-refractivity contribution in [2.24, 2.45) is 4.99 Å². The number of hydrogen-bond acceptors (Lipinski definition) is 8. The molecule has 1 N–H and O–H groups in total. The Labute approximate surface area is 202 Å². The fourth-order valence-corrected chi connectivity index (χ4v) is 4.88. The van der Waals surface area contributed by atoms with Crippen LogP contribution < -0.4 is 10.1 Å². The quantitative estimate of drug-likeness (QED) is 0.575. The molecule has 2 aliphatic heterocycles. The van der Waals surface area contributed by atoms with Gasteiger partial charge in [0.15, 0.2) is 5.17 Å². The normalized spacial score (nSPS) is 17.0. The van der Waals surface area contributed by atoms with Gasteiger partial charge in [0.2, 0.25) is 5.91 Å². The highest BCUT2D eigenvalue weighted by Crippen LogP contribution is 2.45. The maximum absolute atomic E-state index is 12.9. The molecule has 1 amide bonds. The first-order valence-electron chi connectivity index (χ1n) is 10.9. The molecule has 176 valence electrons. The number of fused-ring (bicyclic) bond motifs is 1. The first-order chi connectivity index (χ1) is 16.5. The molecule has 2 aromatic rings. The number of amidine groups is 1. The Bertz CT molecular complexity index is 1160. The van der Waals surface area contributed by atoms with Crippen molar-refractivity contribution >= 4 is 28.8 Å². The third-order valence-electron chi connectivity index (χ3n) is 5.64. The summed E-state index contributed by atoms with van der Waals surface area (Å²) in [6.07, 6.45) is 4.12. The lowest BCUT2D eigenvalue weighted by Crippen LogP contribution is -2.38. The van der Waals surface area contributed by atoms with Crippen molar-refractivity contribution in [3.8, 4) is 5.75 Å². The van der Waals surface area contributed by atoms with Gasteiger partial charge in [-0.15, -0.1) is 0 Å². The SMILES string of the molecule is CCC1=C(C(=O)OC)[C@H](c2ccc(OC)cc2)N2C(CC(=O)NCc3ccncc3)=CSC2=N1. The van der Waals surface area contributed by atoms with E-state index < -0.39 is 12.0 Å². The lowest BCUT2D eigenvalue weighted by atomic mass is 9.93. The maximum atomic E-state index is 12.9. The van der Waals surface area contributed by atoms with Gasteiger partial charge in [-0.25, -0.2) is 9.79 Å². The van der Waals surface area contributed by atoms with E-state index in [0.717, 1.165) is 27.7 Å². The fraction of sp³-hybridized carbons (Fsp3) is 0.280. The Morgan fingerprint density at radius 2 is 1.85 bits per heavy atom. The highest BCUT2D eigenvalue weighted by atomic mass is 32.2. The van der Waals surface area contributed by atoms with Crippen molar-refractivity contribution in [3.63, 3.8) is 0 Å². The predicted octanol–water partition coefficient (Wildman–Crippen LogP) is 3.93. The first kappa shape index (κ1) is 23.6. The van der Waals surface area contributed by atoms with Crippen molar-refractivity contribution < 1.29 is 19.1 Å². The van der Waals surface area contributed by atoms with Crippen LogP contribution >= 0.6 is 11.8 Å². The molecular formula is C25H26N4O4S. The summed E-state index contributed by atoms with van der Waals surface area (Å²) in [6, 6.07) is 10.8. The van der Waals surface area contributed by atoms with Gasteiger partial charge in [-0.1, -0.05) is 30.8 Å². The van der Waals surface area contributed by atoms with Crippen molar-refractivity contribution in [1.82, 2.24) is 15.2 Å². The summed E-state index contributed by atoms with van der Waals surface area (Å²) in [5.41, 5.74) is 3.78. The molecule has 0 aliphatic carbocycles. The Morgan fingerprint density at radius 1 is 1.12 bits per heavy atom.